The van der Waals surface area contributed by atoms with Crippen molar-refractivity contribution in [3.05, 3.63) is 35.4 Å². The lowest BCUT2D eigenvalue weighted by atomic mass is 9.97. The second-order valence-corrected chi connectivity index (χ2v) is 11.4. The van der Waals surface area contributed by atoms with Gasteiger partial charge in [0, 0.05) is 36.6 Å². The Morgan fingerprint density at radius 2 is 1.89 bits per heavy atom. The second kappa shape index (κ2) is 10.1. The zero-order chi connectivity index (χ0) is 20.0. The lowest BCUT2D eigenvalue weighted by Gasteiger charge is -2.30. The first-order valence-electron chi connectivity index (χ1n) is 10.4. The molecule has 1 aliphatic heterocycles. The Hall–Kier alpha value is -1.05. The Bertz CT molecular complexity index is 753. The molecule has 1 aliphatic carbocycles. The van der Waals surface area contributed by atoms with Gasteiger partial charge in [0.05, 0.1) is 5.75 Å². The Morgan fingerprint density at radius 1 is 1.18 bits per heavy atom. The van der Waals surface area contributed by atoms with Crippen molar-refractivity contribution in [2.75, 3.05) is 25.4 Å². The smallest absolute Gasteiger partial charge is 0.223 e. The van der Waals surface area contributed by atoms with Crippen molar-refractivity contribution >= 4 is 27.7 Å². The molecule has 5 nitrogen and oxygen atoms in total. The van der Waals surface area contributed by atoms with Gasteiger partial charge < -0.3 is 5.32 Å². The van der Waals surface area contributed by atoms with Gasteiger partial charge in [0.25, 0.3) is 0 Å². The summed E-state index contributed by atoms with van der Waals surface area (Å²) in [6.45, 7) is 3.55. The lowest BCUT2D eigenvalue weighted by Crippen LogP contribution is -2.43. The Labute approximate surface area is 173 Å². The molecule has 3 rings (SSSR count). The maximum Gasteiger partial charge on any atom is 0.223 e. The van der Waals surface area contributed by atoms with Gasteiger partial charge in [-0.25, -0.2) is 12.7 Å². The van der Waals surface area contributed by atoms with Gasteiger partial charge in [-0.3, -0.25) is 4.79 Å². The number of amides is 1. The van der Waals surface area contributed by atoms with Crippen molar-refractivity contribution in [3.63, 3.8) is 0 Å². The van der Waals surface area contributed by atoms with Crippen LogP contribution in [0.1, 0.15) is 49.7 Å². The molecule has 7 heteroatoms. The number of aryl methyl sites for hydroxylation is 1. The molecular formula is C21H32N2O3S2. The van der Waals surface area contributed by atoms with Crippen LogP contribution in [-0.2, 0) is 20.6 Å². The van der Waals surface area contributed by atoms with Crippen LogP contribution < -0.4 is 5.32 Å². The molecule has 2 fully saturated rings. The lowest BCUT2D eigenvalue weighted by molar-refractivity contribution is -0.125. The van der Waals surface area contributed by atoms with Crippen LogP contribution >= 0.6 is 11.8 Å². The number of benzene rings is 1. The average molecular weight is 425 g/mol. The molecule has 28 heavy (non-hydrogen) atoms. The third-order valence-corrected chi connectivity index (χ3v) is 8.94. The van der Waals surface area contributed by atoms with Crippen molar-refractivity contribution in [1.29, 1.82) is 0 Å². The van der Waals surface area contributed by atoms with Gasteiger partial charge in [0.15, 0.2) is 0 Å². The standard InChI is InChI=1S/C21H32N2O3S2/c1-17-5-4-6-18(15-17)16-28(25,26)23-12-9-19(10-13-23)21(24)22-11-14-27-20-7-2-3-8-20/h4-6,15,19-20H,2-3,7-14,16H2,1H3,(H,22,24). The summed E-state index contributed by atoms with van der Waals surface area (Å²) in [6, 6.07) is 7.63. The molecule has 1 heterocycles. The molecule has 1 N–H and O–H groups in total. The minimum atomic E-state index is -3.33. The Morgan fingerprint density at radius 3 is 2.57 bits per heavy atom. The minimum Gasteiger partial charge on any atom is -0.355 e. The van der Waals surface area contributed by atoms with Gasteiger partial charge in [-0.2, -0.15) is 11.8 Å². The van der Waals surface area contributed by atoms with Crippen LogP contribution in [0.3, 0.4) is 0 Å². The second-order valence-electron chi connectivity index (χ2n) is 7.99. The number of hydrogen-bond acceptors (Lipinski definition) is 4. The number of nitrogens with one attached hydrogen (secondary N) is 1. The molecule has 1 aromatic carbocycles. The van der Waals surface area contributed by atoms with Gasteiger partial charge in [-0.1, -0.05) is 42.7 Å². The summed E-state index contributed by atoms with van der Waals surface area (Å²) in [4.78, 5) is 12.4. The number of carbonyl (C=O) groups excluding carboxylic acids is 1. The van der Waals surface area contributed by atoms with Crippen LogP contribution in [0.4, 0.5) is 0 Å². The van der Waals surface area contributed by atoms with E-state index in [1.54, 1.807) is 4.31 Å². The summed E-state index contributed by atoms with van der Waals surface area (Å²) >= 11 is 1.98. The third kappa shape index (κ3) is 6.22. The fourth-order valence-electron chi connectivity index (χ4n) is 4.10. The Balaban J connectivity index is 1.39. The molecule has 0 radical (unpaired) electrons. The van der Waals surface area contributed by atoms with E-state index >= 15 is 0 Å². The summed E-state index contributed by atoms with van der Waals surface area (Å²) in [5.41, 5.74) is 1.88. The highest BCUT2D eigenvalue weighted by Crippen LogP contribution is 2.29. The maximum absolute atomic E-state index is 12.7. The molecule has 0 bridgehead atoms. The normalized spacial score (nSPS) is 19.8. The third-order valence-electron chi connectivity index (χ3n) is 5.71. The average Bonchev–Trinajstić information content (AvgIpc) is 3.18. The van der Waals surface area contributed by atoms with Gasteiger partial charge in [0.1, 0.15) is 0 Å². The zero-order valence-corrected chi connectivity index (χ0v) is 18.4. The number of piperidine rings is 1. The summed E-state index contributed by atoms with van der Waals surface area (Å²) in [6.07, 6.45) is 6.52. The van der Waals surface area contributed by atoms with Crippen molar-refractivity contribution in [2.24, 2.45) is 5.92 Å². The van der Waals surface area contributed by atoms with Crippen LogP contribution in [0.15, 0.2) is 24.3 Å². The highest BCUT2D eigenvalue weighted by molar-refractivity contribution is 7.99. The first-order chi connectivity index (χ1) is 13.4. The number of thioether (sulfide) groups is 1. The first kappa shape index (κ1) is 21.7. The SMILES string of the molecule is Cc1cccc(CS(=O)(=O)N2CCC(C(=O)NCCSC3CCCC3)CC2)c1. The van der Waals surface area contributed by atoms with E-state index in [1.807, 2.05) is 43.0 Å². The molecule has 1 aromatic rings. The van der Waals surface area contributed by atoms with E-state index in [4.69, 9.17) is 0 Å². The number of rotatable bonds is 8. The number of carbonyl (C=O) groups is 1. The van der Waals surface area contributed by atoms with Gasteiger partial charge in [0.2, 0.25) is 15.9 Å². The van der Waals surface area contributed by atoms with Gasteiger partial charge in [-0.05, 0) is 38.2 Å². The molecule has 0 atom stereocenters. The highest BCUT2D eigenvalue weighted by Gasteiger charge is 2.31. The number of sulfonamides is 1. The van der Waals surface area contributed by atoms with Crippen LogP contribution in [0.25, 0.3) is 0 Å². The maximum atomic E-state index is 12.7. The van der Waals surface area contributed by atoms with E-state index in [-0.39, 0.29) is 17.6 Å². The van der Waals surface area contributed by atoms with Crippen LogP contribution in [-0.4, -0.2) is 49.3 Å². The fraction of sp³-hybridized carbons (Fsp3) is 0.667. The van der Waals surface area contributed by atoms with Crippen molar-refractivity contribution in [3.8, 4) is 0 Å². The van der Waals surface area contributed by atoms with Gasteiger partial charge >= 0.3 is 0 Å². The molecule has 0 unspecified atom stereocenters. The minimum absolute atomic E-state index is 0.0317. The van der Waals surface area contributed by atoms with Crippen molar-refractivity contribution in [2.45, 2.75) is 56.5 Å². The monoisotopic (exact) mass is 424 g/mol. The van der Waals surface area contributed by atoms with E-state index in [2.05, 4.69) is 5.32 Å². The van der Waals surface area contributed by atoms with Gasteiger partial charge in [-0.15, -0.1) is 0 Å². The summed E-state index contributed by atoms with van der Waals surface area (Å²) in [5, 5.41) is 3.82. The quantitative estimate of drug-likeness (QED) is 0.650. The molecule has 2 aliphatic rings. The van der Waals surface area contributed by atoms with E-state index in [0.29, 0.717) is 32.5 Å². The van der Waals surface area contributed by atoms with E-state index < -0.39 is 10.0 Å². The largest absolute Gasteiger partial charge is 0.355 e. The zero-order valence-electron chi connectivity index (χ0n) is 16.7. The Kier molecular flexibility index (Phi) is 7.83. The van der Waals surface area contributed by atoms with Crippen molar-refractivity contribution < 1.29 is 13.2 Å². The summed E-state index contributed by atoms with van der Waals surface area (Å²) in [5.74, 6) is 1.02. The van der Waals surface area contributed by atoms with Crippen LogP contribution in [0, 0.1) is 12.8 Å². The molecule has 1 amide bonds. The van der Waals surface area contributed by atoms with E-state index in [1.165, 1.54) is 25.7 Å². The topological polar surface area (TPSA) is 66.5 Å². The number of hydrogen-bond donors (Lipinski definition) is 1. The summed E-state index contributed by atoms with van der Waals surface area (Å²) in [7, 11) is -3.33. The van der Waals surface area contributed by atoms with E-state index in [9.17, 15) is 13.2 Å². The predicted molar refractivity (Wildman–Crippen MR) is 116 cm³/mol. The first-order valence-corrected chi connectivity index (χ1v) is 13.0. The number of nitrogens with zero attached hydrogens (tertiary/aromatic N) is 1. The molecule has 0 spiro atoms. The molecule has 1 saturated carbocycles. The molecule has 1 saturated heterocycles. The van der Waals surface area contributed by atoms with E-state index in [0.717, 1.165) is 22.1 Å². The van der Waals surface area contributed by atoms with Crippen LogP contribution in [0.5, 0.6) is 0 Å². The molecule has 156 valence electrons. The van der Waals surface area contributed by atoms with Crippen molar-refractivity contribution in [1.82, 2.24) is 9.62 Å². The molecule has 0 aromatic heterocycles. The predicted octanol–water partition coefficient (Wildman–Crippen LogP) is 3.33. The summed E-state index contributed by atoms with van der Waals surface area (Å²) < 4.78 is 27.0. The molecular weight excluding hydrogens is 392 g/mol. The fourth-order valence-corrected chi connectivity index (χ4v) is 6.87. The highest BCUT2D eigenvalue weighted by atomic mass is 32.2. The van der Waals surface area contributed by atoms with Crippen LogP contribution in [0.2, 0.25) is 0 Å².